The van der Waals surface area contributed by atoms with E-state index in [-0.39, 0.29) is 10.9 Å². The van der Waals surface area contributed by atoms with Crippen molar-refractivity contribution < 1.29 is 9.00 Å². The maximum atomic E-state index is 13.0. The summed E-state index contributed by atoms with van der Waals surface area (Å²) in [6.07, 6.45) is 0. The lowest BCUT2D eigenvalue weighted by Crippen LogP contribution is -2.37. The van der Waals surface area contributed by atoms with E-state index in [0.717, 1.165) is 5.56 Å². The molecule has 2 N–H and O–H groups in total. The lowest BCUT2D eigenvalue weighted by Gasteiger charge is -2.32. The van der Waals surface area contributed by atoms with Crippen molar-refractivity contribution in [3.8, 4) is 0 Å². The number of amides is 1. The Morgan fingerprint density at radius 3 is 2.39 bits per heavy atom. The highest BCUT2D eigenvalue weighted by molar-refractivity contribution is 7.92. The van der Waals surface area contributed by atoms with Gasteiger partial charge in [0.05, 0.1) is 4.90 Å². The summed E-state index contributed by atoms with van der Waals surface area (Å²) < 4.78 is 17.6. The zero-order chi connectivity index (χ0) is 18.1. The number of benzene rings is 1. The van der Waals surface area contributed by atoms with Gasteiger partial charge in [0.15, 0.2) is 8.24 Å². The lowest BCUT2D eigenvalue weighted by molar-refractivity contribution is -0.128. The summed E-state index contributed by atoms with van der Waals surface area (Å²) in [7, 11) is -3.35. The van der Waals surface area contributed by atoms with E-state index in [1.165, 1.54) is 6.92 Å². The molecular weight excluding hydrogens is 326 g/mol. The van der Waals surface area contributed by atoms with Crippen LogP contribution in [0.5, 0.6) is 0 Å². The van der Waals surface area contributed by atoms with Crippen molar-refractivity contribution in [2.75, 3.05) is 7.05 Å². The molecule has 0 bridgehead atoms. The van der Waals surface area contributed by atoms with Gasteiger partial charge in [-0.1, -0.05) is 32.9 Å². The third-order valence-electron chi connectivity index (χ3n) is 4.39. The molecular formula is C16H29N3O2SSi. The molecule has 0 aromatic heterocycles. The van der Waals surface area contributed by atoms with Crippen LogP contribution in [-0.2, 0) is 21.3 Å². The maximum absolute atomic E-state index is 13.0. The molecule has 1 atom stereocenters. The second-order valence-corrected chi connectivity index (χ2v) is 14.4. The molecule has 0 fully saturated rings. The molecule has 0 radical (unpaired) electrons. The average Bonchev–Trinajstić information content (AvgIpc) is 2.36. The van der Waals surface area contributed by atoms with Crippen molar-refractivity contribution in [3.05, 3.63) is 29.8 Å². The number of carbonyl (C=O) groups excluding carboxylic acids is 1. The number of nitrogens with zero attached hydrogens (tertiary/aromatic N) is 2. The largest absolute Gasteiger partial charge is 0.342 e. The third-order valence-corrected chi connectivity index (χ3v) is 11.9. The van der Waals surface area contributed by atoms with E-state index >= 15 is 0 Å². The van der Waals surface area contributed by atoms with Crippen molar-refractivity contribution in [2.45, 2.75) is 57.3 Å². The van der Waals surface area contributed by atoms with Crippen LogP contribution in [0.4, 0.5) is 0 Å². The van der Waals surface area contributed by atoms with Crippen molar-refractivity contribution in [1.82, 2.24) is 4.90 Å². The van der Waals surface area contributed by atoms with Crippen LogP contribution in [0.3, 0.4) is 0 Å². The van der Waals surface area contributed by atoms with Crippen molar-refractivity contribution in [2.24, 2.45) is 9.17 Å². The lowest BCUT2D eigenvalue weighted by atomic mass is 10.2. The Hall–Kier alpha value is -1.18. The molecule has 1 amide bonds. The van der Waals surface area contributed by atoms with Gasteiger partial charge in [0, 0.05) is 20.5 Å². The van der Waals surface area contributed by atoms with Crippen molar-refractivity contribution in [3.63, 3.8) is 0 Å². The number of carbonyl (C=O) groups is 1. The fourth-order valence-corrected chi connectivity index (χ4v) is 6.56. The molecule has 5 nitrogen and oxygen atoms in total. The molecule has 130 valence electrons. The summed E-state index contributed by atoms with van der Waals surface area (Å²) in [5.74, 6) is -0.0187. The normalized spacial score (nSPS) is 15.0. The van der Waals surface area contributed by atoms with Gasteiger partial charge in [-0.15, -0.1) is 0 Å². The first-order valence-corrected chi connectivity index (χ1v) is 12.2. The Balaban J connectivity index is 3.25. The molecule has 0 aliphatic rings. The standard InChI is InChI=1S/C16H29N3O2SSi/c1-13(20)19(5)12-14-9-8-10-15(11-14)22(17,21)18-23(6,7)16(2,3)4/h8-11H,12H2,1-7H3,(H2,17,18,21). The summed E-state index contributed by atoms with van der Waals surface area (Å²) in [6, 6.07) is 7.24. The van der Waals surface area contributed by atoms with Crippen LogP contribution >= 0.6 is 0 Å². The first-order chi connectivity index (χ1) is 10.3. The van der Waals surface area contributed by atoms with Crippen molar-refractivity contribution in [1.29, 1.82) is 0 Å². The van der Waals surface area contributed by atoms with E-state index in [1.807, 2.05) is 12.1 Å². The second kappa shape index (κ2) is 6.74. The summed E-state index contributed by atoms with van der Waals surface area (Å²) in [4.78, 5) is 13.5. The summed E-state index contributed by atoms with van der Waals surface area (Å²) >= 11 is 0. The highest BCUT2D eigenvalue weighted by atomic mass is 32.2. The minimum absolute atomic E-state index is 0.0187. The molecule has 0 spiro atoms. The number of rotatable bonds is 4. The zero-order valence-electron chi connectivity index (χ0n) is 15.2. The van der Waals surface area contributed by atoms with Gasteiger partial charge in [-0.05, 0) is 35.8 Å². The molecule has 0 aliphatic carbocycles. The minimum Gasteiger partial charge on any atom is -0.342 e. The quantitative estimate of drug-likeness (QED) is 0.841. The van der Waals surface area contributed by atoms with Crippen LogP contribution in [0.2, 0.25) is 18.1 Å². The van der Waals surface area contributed by atoms with Crippen LogP contribution < -0.4 is 5.14 Å². The van der Waals surface area contributed by atoms with Gasteiger partial charge in [-0.25, -0.2) is 9.35 Å². The van der Waals surface area contributed by atoms with E-state index in [2.05, 4.69) is 37.9 Å². The zero-order valence-corrected chi connectivity index (χ0v) is 17.0. The highest BCUT2D eigenvalue weighted by Crippen LogP contribution is 2.37. The van der Waals surface area contributed by atoms with Crippen LogP contribution in [0.1, 0.15) is 33.3 Å². The molecule has 0 saturated heterocycles. The van der Waals surface area contributed by atoms with Gasteiger partial charge < -0.3 is 4.90 Å². The van der Waals surface area contributed by atoms with Crippen LogP contribution in [0.25, 0.3) is 0 Å². The van der Waals surface area contributed by atoms with Gasteiger partial charge in [-0.3, -0.25) is 8.82 Å². The summed E-state index contributed by atoms with van der Waals surface area (Å²) in [5, 5.41) is 6.07. The summed E-state index contributed by atoms with van der Waals surface area (Å²) in [6.45, 7) is 12.4. The molecule has 7 heteroatoms. The molecule has 1 aromatic rings. The number of nitrogens with two attached hydrogens (primary N) is 1. The molecule has 1 aromatic carbocycles. The Kier molecular flexibility index (Phi) is 5.82. The SMILES string of the molecule is CC(=O)N(C)Cc1cccc(S(N)(=O)=N[Si](C)(C)C(C)(C)C)c1. The van der Waals surface area contributed by atoms with Gasteiger partial charge in [0.25, 0.3) is 0 Å². The topological polar surface area (TPSA) is 75.8 Å². The predicted molar refractivity (Wildman–Crippen MR) is 98.8 cm³/mol. The fourth-order valence-electron chi connectivity index (χ4n) is 1.74. The smallest absolute Gasteiger partial charge is 0.219 e. The maximum Gasteiger partial charge on any atom is 0.219 e. The Morgan fingerprint density at radius 1 is 1.35 bits per heavy atom. The Labute approximate surface area is 141 Å². The monoisotopic (exact) mass is 355 g/mol. The number of hydrogen-bond donors (Lipinski definition) is 1. The van der Waals surface area contributed by atoms with E-state index < -0.39 is 18.2 Å². The van der Waals surface area contributed by atoms with Crippen molar-refractivity contribution >= 4 is 24.1 Å². The van der Waals surface area contributed by atoms with E-state index in [0.29, 0.717) is 11.4 Å². The fraction of sp³-hybridized carbons (Fsp3) is 0.562. The Morgan fingerprint density at radius 2 is 1.91 bits per heavy atom. The first kappa shape index (κ1) is 19.9. The van der Waals surface area contributed by atoms with Gasteiger partial charge in [0.2, 0.25) is 5.91 Å². The molecule has 0 saturated carbocycles. The molecule has 23 heavy (non-hydrogen) atoms. The molecule has 1 unspecified atom stereocenters. The highest BCUT2D eigenvalue weighted by Gasteiger charge is 2.37. The molecule has 0 heterocycles. The van der Waals surface area contributed by atoms with Crippen LogP contribution in [0.15, 0.2) is 33.2 Å². The Bertz CT molecular complexity index is 702. The van der Waals surface area contributed by atoms with Gasteiger partial charge in [0.1, 0.15) is 9.92 Å². The van der Waals surface area contributed by atoms with Crippen LogP contribution in [-0.4, -0.2) is 30.3 Å². The number of hydrogen-bond acceptors (Lipinski definition) is 3. The van der Waals surface area contributed by atoms with E-state index in [9.17, 15) is 9.00 Å². The third kappa shape index (κ3) is 5.15. The van der Waals surface area contributed by atoms with E-state index in [4.69, 9.17) is 5.14 Å². The molecule has 0 aliphatic heterocycles. The predicted octanol–water partition coefficient (Wildman–Crippen LogP) is 3.37. The van der Waals surface area contributed by atoms with Gasteiger partial charge in [-0.2, -0.15) is 0 Å². The second-order valence-electron chi connectivity index (χ2n) is 7.49. The average molecular weight is 356 g/mol. The minimum atomic E-state index is -2.95. The van der Waals surface area contributed by atoms with Gasteiger partial charge >= 0.3 is 0 Å². The van der Waals surface area contributed by atoms with Crippen LogP contribution in [0, 0.1) is 0 Å². The first-order valence-electron chi connectivity index (χ1n) is 7.63. The summed E-state index contributed by atoms with van der Waals surface area (Å²) in [5.41, 5.74) is 0.892. The molecule has 1 rings (SSSR count). The van der Waals surface area contributed by atoms with E-state index in [1.54, 1.807) is 24.1 Å².